The van der Waals surface area contributed by atoms with E-state index in [1.807, 2.05) is 23.4 Å². The number of amides is 1. The van der Waals surface area contributed by atoms with E-state index in [0.717, 1.165) is 23.9 Å². The molecular formula is C11H20N4OS. The maximum absolute atomic E-state index is 11.5. The predicted octanol–water partition coefficient (Wildman–Crippen LogP) is 1.01. The van der Waals surface area contributed by atoms with Gasteiger partial charge in [-0.15, -0.1) is 10.2 Å². The summed E-state index contributed by atoms with van der Waals surface area (Å²) in [5.41, 5.74) is 0. The van der Waals surface area contributed by atoms with Crippen LogP contribution in [0.1, 0.15) is 25.6 Å². The lowest BCUT2D eigenvalue weighted by molar-refractivity contribution is -0.120. The molecule has 1 aromatic rings. The van der Waals surface area contributed by atoms with Gasteiger partial charge in [-0.2, -0.15) is 11.8 Å². The smallest absolute Gasteiger partial charge is 0.220 e. The summed E-state index contributed by atoms with van der Waals surface area (Å²) in [6, 6.07) is 0. The van der Waals surface area contributed by atoms with Gasteiger partial charge in [-0.25, -0.2) is 0 Å². The largest absolute Gasteiger partial charge is 0.355 e. The van der Waals surface area contributed by atoms with Crippen molar-refractivity contribution in [2.75, 3.05) is 18.1 Å². The molecule has 96 valence electrons. The van der Waals surface area contributed by atoms with Crippen molar-refractivity contribution >= 4 is 17.7 Å². The maximum Gasteiger partial charge on any atom is 0.220 e. The summed E-state index contributed by atoms with van der Waals surface area (Å²) in [4.78, 5) is 11.5. The summed E-state index contributed by atoms with van der Waals surface area (Å²) < 4.78 is 1.84. The van der Waals surface area contributed by atoms with Crippen molar-refractivity contribution in [2.45, 2.75) is 26.2 Å². The number of rotatable bonds is 8. The van der Waals surface area contributed by atoms with Crippen LogP contribution >= 0.6 is 11.8 Å². The summed E-state index contributed by atoms with van der Waals surface area (Å²) in [7, 11) is 1.88. The van der Waals surface area contributed by atoms with Crippen LogP contribution in [0, 0.1) is 0 Å². The predicted molar refractivity (Wildman–Crippen MR) is 69.9 cm³/mol. The molecule has 0 saturated carbocycles. The minimum absolute atomic E-state index is 0.0881. The second-order valence-electron chi connectivity index (χ2n) is 3.82. The Kier molecular flexibility index (Phi) is 6.69. The third-order valence-electron chi connectivity index (χ3n) is 2.30. The van der Waals surface area contributed by atoms with Crippen molar-refractivity contribution in [2.24, 2.45) is 7.05 Å². The van der Waals surface area contributed by atoms with Gasteiger partial charge in [0.2, 0.25) is 5.91 Å². The topological polar surface area (TPSA) is 59.8 Å². The third-order valence-corrected chi connectivity index (χ3v) is 3.49. The van der Waals surface area contributed by atoms with Crippen LogP contribution in [0.25, 0.3) is 0 Å². The first kappa shape index (κ1) is 14.0. The lowest BCUT2D eigenvalue weighted by Crippen LogP contribution is -2.26. The van der Waals surface area contributed by atoms with Crippen LogP contribution in [-0.2, 0) is 18.3 Å². The molecule has 1 amide bonds. The molecule has 0 unspecified atom stereocenters. The fourth-order valence-electron chi connectivity index (χ4n) is 1.36. The molecule has 0 aliphatic rings. The van der Waals surface area contributed by atoms with Crippen LogP contribution in [-0.4, -0.2) is 38.7 Å². The van der Waals surface area contributed by atoms with Crippen molar-refractivity contribution in [1.82, 2.24) is 20.1 Å². The molecular weight excluding hydrogens is 236 g/mol. The van der Waals surface area contributed by atoms with E-state index in [2.05, 4.69) is 22.4 Å². The summed E-state index contributed by atoms with van der Waals surface area (Å²) in [6.07, 6.45) is 3.95. The highest BCUT2D eigenvalue weighted by Crippen LogP contribution is 2.00. The molecule has 0 spiro atoms. The average molecular weight is 256 g/mol. The zero-order chi connectivity index (χ0) is 12.5. The van der Waals surface area contributed by atoms with Gasteiger partial charge < -0.3 is 9.88 Å². The molecule has 0 aliphatic heterocycles. The number of hydrogen-bond acceptors (Lipinski definition) is 4. The van der Waals surface area contributed by atoms with Crippen molar-refractivity contribution in [1.29, 1.82) is 0 Å². The van der Waals surface area contributed by atoms with Gasteiger partial charge in [-0.3, -0.25) is 4.79 Å². The molecule has 0 fully saturated rings. The van der Waals surface area contributed by atoms with E-state index in [4.69, 9.17) is 0 Å². The van der Waals surface area contributed by atoms with E-state index in [-0.39, 0.29) is 5.91 Å². The number of aryl methyl sites for hydroxylation is 2. The molecule has 6 heteroatoms. The lowest BCUT2D eigenvalue weighted by Gasteiger charge is -2.04. The molecule has 1 heterocycles. The minimum atomic E-state index is 0.0881. The van der Waals surface area contributed by atoms with Gasteiger partial charge >= 0.3 is 0 Å². The first-order valence-electron chi connectivity index (χ1n) is 5.91. The van der Waals surface area contributed by atoms with Gasteiger partial charge in [-0.1, -0.05) is 6.92 Å². The fraction of sp³-hybridized carbons (Fsp3) is 0.727. The highest BCUT2D eigenvalue weighted by Gasteiger charge is 2.05. The molecule has 5 nitrogen and oxygen atoms in total. The van der Waals surface area contributed by atoms with E-state index < -0.39 is 0 Å². The van der Waals surface area contributed by atoms with Gasteiger partial charge in [0.05, 0.1) is 0 Å². The second kappa shape index (κ2) is 8.11. The molecule has 17 heavy (non-hydrogen) atoms. The normalized spacial score (nSPS) is 10.5. The monoisotopic (exact) mass is 256 g/mol. The van der Waals surface area contributed by atoms with Gasteiger partial charge in [0.1, 0.15) is 12.2 Å². The van der Waals surface area contributed by atoms with Crippen LogP contribution in [0.15, 0.2) is 6.33 Å². The highest BCUT2D eigenvalue weighted by atomic mass is 32.2. The fourth-order valence-corrected chi connectivity index (χ4v) is 2.10. The number of nitrogens with one attached hydrogen (secondary N) is 1. The van der Waals surface area contributed by atoms with Crippen LogP contribution in [0.3, 0.4) is 0 Å². The van der Waals surface area contributed by atoms with Gasteiger partial charge in [-0.05, 0) is 12.2 Å². The van der Waals surface area contributed by atoms with E-state index in [1.54, 1.807) is 6.33 Å². The van der Waals surface area contributed by atoms with E-state index in [0.29, 0.717) is 12.8 Å². The van der Waals surface area contributed by atoms with Crippen LogP contribution in [0.2, 0.25) is 0 Å². The molecule has 0 radical (unpaired) electrons. The zero-order valence-electron chi connectivity index (χ0n) is 10.5. The molecule has 0 aromatic carbocycles. The van der Waals surface area contributed by atoms with E-state index >= 15 is 0 Å². The summed E-state index contributed by atoms with van der Waals surface area (Å²) >= 11 is 1.87. The number of nitrogens with zero attached hydrogens (tertiary/aromatic N) is 3. The van der Waals surface area contributed by atoms with Crippen LogP contribution in [0.5, 0.6) is 0 Å². The summed E-state index contributed by atoms with van der Waals surface area (Å²) in [5, 5.41) is 10.6. The highest BCUT2D eigenvalue weighted by molar-refractivity contribution is 7.99. The van der Waals surface area contributed by atoms with Gasteiger partial charge in [0.25, 0.3) is 0 Å². The Labute approximate surface area is 106 Å². The van der Waals surface area contributed by atoms with Gasteiger partial charge in [0, 0.05) is 32.2 Å². The zero-order valence-corrected chi connectivity index (χ0v) is 11.3. The molecule has 1 aromatic heterocycles. The average Bonchev–Trinajstić information content (AvgIpc) is 2.72. The third kappa shape index (κ3) is 5.72. The molecule has 0 bridgehead atoms. The number of aromatic nitrogens is 3. The van der Waals surface area contributed by atoms with Crippen LogP contribution < -0.4 is 5.32 Å². The Morgan fingerprint density at radius 3 is 3.00 bits per heavy atom. The van der Waals surface area contributed by atoms with Crippen molar-refractivity contribution in [3.05, 3.63) is 12.2 Å². The summed E-state index contributed by atoms with van der Waals surface area (Å²) in [5.74, 6) is 3.09. The Hall–Kier alpha value is -1.04. The minimum Gasteiger partial charge on any atom is -0.355 e. The SMILES string of the molecule is CCCSCCNC(=O)CCc1nncn1C. The molecule has 1 rings (SSSR count). The Morgan fingerprint density at radius 2 is 2.35 bits per heavy atom. The van der Waals surface area contributed by atoms with Crippen LogP contribution in [0.4, 0.5) is 0 Å². The Bertz CT molecular complexity index is 340. The molecule has 0 saturated heterocycles. The Morgan fingerprint density at radius 1 is 1.53 bits per heavy atom. The molecule has 0 atom stereocenters. The maximum atomic E-state index is 11.5. The van der Waals surface area contributed by atoms with Crippen molar-refractivity contribution in [3.63, 3.8) is 0 Å². The standard InChI is InChI=1S/C11H20N4OS/c1-3-7-17-8-6-12-11(16)5-4-10-14-13-9-15(10)2/h9H,3-8H2,1-2H3,(H,12,16). The number of hydrogen-bond donors (Lipinski definition) is 1. The quantitative estimate of drug-likeness (QED) is 0.705. The second-order valence-corrected chi connectivity index (χ2v) is 5.05. The van der Waals surface area contributed by atoms with E-state index in [1.165, 1.54) is 6.42 Å². The number of carbonyl (C=O) groups excluding carboxylic acids is 1. The summed E-state index contributed by atoms with van der Waals surface area (Å²) in [6.45, 7) is 2.91. The Balaban J connectivity index is 2.07. The number of thioether (sulfide) groups is 1. The first-order valence-corrected chi connectivity index (χ1v) is 7.06. The van der Waals surface area contributed by atoms with Gasteiger partial charge in [0.15, 0.2) is 0 Å². The number of carbonyl (C=O) groups is 1. The molecule has 1 N–H and O–H groups in total. The van der Waals surface area contributed by atoms with Crippen molar-refractivity contribution in [3.8, 4) is 0 Å². The van der Waals surface area contributed by atoms with E-state index in [9.17, 15) is 4.79 Å². The first-order chi connectivity index (χ1) is 8.24. The molecule has 0 aliphatic carbocycles. The van der Waals surface area contributed by atoms with Crippen molar-refractivity contribution < 1.29 is 4.79 Å². The lowest BCUT2D eigenvalue weighted by atomic mass is 10.3.